The Morgan fingerprint density at radius 2 is 2.15 bits per heavy atom. The summed E-state index contributed by atoms with van der Waals surface area (Å²) in [6.07, 6.45) is 3.59. The van der Waals surface area contributed by atoms with Crippen molar-refractivity contribution >= 4 is 21.6 Å². The highest BCUT2D eigenvalue weighted by Gasteiger charge is 2.12. The molecule has 0 aliphatic carbocycles. The van der Waals surface area contributed by atoms with E-state index in [9.17, 15) is 0 Å². The van der Waals surface area contributed by atoms with Crippen LogP contribution in [0.15, 0.2) is 47.2 Å². The molecule has 0 fully saturated rings. The first kappa shape index (κ1) is 12.9. The standard InChI is InChI=1S/C14H14BrN5/c1-19-13(5-6-17-19)14-12(16)9-20(18-14)8-10-3-2-4-11(15)7-10/h2-7,9H,8,16H2,1H3. The zero-order valence-electron chi connectivity index (χ0n) is 11.0. The lowest BCUT2D eigenvalue weighted by Crippen LogP contribution is -2.01. The molecule has 3 aromatic rings. The summed E-state index contributed by atoms with van der Waals surface area (Å²) in [6, 6.07) is 10.0. The summed E-state index contributed by atoms with van der Waals surface area (Å²) in [5.74, 6) is 0. The molecule has 2 aromatic heterocycles. The molecule has 3 rings (SSSR count). The molecule has 0 saturated heterocycles. The Kier molecular flexibility index (Phi) is 3.31. The smallest absolute Gasteiger partial charge is 0.133 e. The Bertz CT molecular complexity index is 744. The lowest BCUT2D eigenvalue weighted by molar-refractivity contribution is 0.685. The minimum absolute atomic E-state index is 0.656. The quantitative estimate of drug-likeness (QED) is 0.802. The number of hydrogen-bond donors (Lipinski definition) is 1. The van der Waals surface area contributed by atoms with E-state index in [1.165, 1.54) is 5.56 Å². The second kappa shape index (κ2) is 5.13. The number of rotatable bonds is 3. The van der Waals surface area contributed by atoms with Crippen LogP contribution in [0.25, 0.3) is 11.4 Å². The Balaban J connectivity index is 1.91. The third kappa shape index (κ3) is 2.46. The SMILES string of the molecule is Cn1nccc1-c1nn(Cc2cccc(Br)c2)cc1N. The highest BCUT2D eigenvalue weighted by Crippen LogP contribution is 2.23. The normalized spacial score (nSPS) is 10.9. The molecule has 0 bridgehead atoms. The number of aromatic nitrogens is 4. The number of nitrogens with zero attached hydrogens (tertiary/aromatic N) is 4. The fourth-order valence-corrected chi connectivity index (χ4v) is 2.59. The van der Waals surface area contributed by atoms with Crippen LogP contribution in [0.5, 0.6) is 0 Å². The molecule has 0 amide bonds. The van der Waals surface area contributed by atoms with Crippen molar-refractivity contribution in [2.24, 2.45) is 7.05 Å². The van der Waals surface area contributed by atoms with Gasteiger partial charge in [-0.2, -0.15) is 10.2 Å². The molecule has 0 unspecified atom stereocenters. The third-order valence-electron chi connectivity index (χ3n) is 3.09. The first-order chi connectivity index (χ1) is 9.63. The molecule has 0 atom stereocenters. The van der Waals surface area contributed by atoms with Crippen LogP contribution in [0.2, 0.25) is 0 Å². The first-order valence-corrected chi connectivity index (χ1v) is 6.98. The second-order valence-corrected chi connectivity index (χ2v) is 5.52. The highest BCUT2D eigenvalue weighted by atomic mass is 79.9. The summed E-state index contributed by atoms with van der Waals surface area (Å²) in [5, 5.41) is 8.70. The fraction of sp³-hybridized carbons (Fsp3) is 0.143. The number of anilines is 1. The zero-order chi connectivity index (χ0) is 14.1. The van der Waals surface area contributed by atoms with Crippen LogP contribution in [0.3, 0.4) is 0 Å². The van der Waals surface area contributed by atoms with Gasteiger partial charge in [0.1, 0.15) is 5.69 Å². The van der Waals surface area contributed by atoms with E-state index in [-0.39, 0.29) is 0 Å². The minimum atomic E-state index is 0.656. The molecule has 1 aromatic carbocycles. The van der Waals surface area contributed by atoms with Gasteiger partial charge >= 0.3 is 0 Å². The Labute approximate surface area is 125 Å². The average molecular weight is 332 g/mol. The summed E-state index contributed by atoms with van der Waals surface area (Å²) < 4.78 is 4.67. The fourth-order valence-electron chi connectivity index (χ4n) is 2.15. The summed E-state index contributed by atoms with van der Waals surface area (Å²) in [4.78, 5) is 0. The summed E-state index contributed by atoms with van der Waals surface area (Å²) in [7, 11) is 1.88. The zero-order valence-corrected chi connectivity index (χ0v) is 12.6. The van der Waals surface area contributed by atoms with Gasteiger partial charge in [0.2, 0.25) is 0 Å². The summed E-state index contributed by atoms with van der Waals surface area (Å²) in [6.45, 7) is 0.682. The van der Waals surface area contributed by atoms with E-state index in [4.69, 9.17) is 5.73 Å². The van der Waals surface area contributed by atoms with E-state index < -0.39 is 0 Å². The van der Waals surface area contributed by atoms with E-state index in [0.717, 1.165) is 15.9 Å². The van der Waals surface area contributed by atoms with Crippen molar-refractivity contribution in [1.82, 2.24) is 19.6 Å². The number of hydrogen-bond acceptors (Lipinski definition) is 3. The van der Waals surface area contributed by atoms with Crippen molar-refractivity contribution in [3.63, 3.8) is 0 Å². The largest absolute Gasteiger partial charge is 0.396 e. The third-order valence-corrected chi connectivity index (χ3v) is 3.58. The molecule has 5 nitrogen and oxygen atoms in total. The molecule has 2 N–H and O–H groups in total. The van der Waals surface area contributed by atoms with Crippen molar-refractivity contribution in [1.29, 1.82) is 0 Å². The summed E-state index contributed by atoms with van der Waals surface area (Å²) >= 11 is 3.47. The maximum absolute atomic E-state index is 6.05. The predicted octanol–water partition coefficient (Wildman–Crippen LogP) is 2.68. The Morgan fingerprint density at radius 3 is 2.85 bits per heavy atom. The van der Waals surface area contributed by atoms with Crippen LogP contribution >= 0.6 is 15.9 Å². The number of halogens is 1. The lowest BCUT2D eigenvalue weighted by Gasteiger charge is -2.02. The number of nitrogen functional groups attached to an aromatic ring is 1. The molecular formula is C14H14BrN5. The van der Waals surface area contributed by atoms with Crippen molar-refractivity contribution in [2.45, 2.75) is 6.54 Å². The molecular weight excluding hydrogens is 318 g/mol. The van der Waals surface area contributed by atoms with E-state index in [2.05, 4.69) is 38.3 Å². The van der Waals surface area contributed by atoms with Crippen LogP contribution < -0.4 is 5.73 Å². The molecule has 102 valence electrons. The van der Waals surface area contributed by atoms with E-state index in [1.54, 1.807) is 10.9 Å². The average Bonchev–Trinajstić information content (AvgIpc) is 2.95. The predicted molar refractivity (Wildman–Crippen MR) is 82.1 cm³/mol. The van der Waals surface area contributed by atoms with E-state index in [1.807, 2.05) is 36.1 Å². The molecule has 6 heteroatoms. The van der Waals surface area contributed by atoms with Crippen molar-refractivity contribution in [3.8, 4) is 11.4 Å². The van der Waals surface area contributed by atoms with Crippen molar-refractivity contribution < 1.29 is 0 Å². The Hall–Kier alpha value is -2.08. The van der Waals surface area contributed by atoms with Gasteiger partial charge in [-0.15, -0.1) is 0 Å². The summed E-state index contributed by atoms with van der Waals surface area (Å²) in [5.41, 5.74) is 9.55. The van der Waals surface area contributed by atoms with Crippen LogP contribution in [0.4, 0.5) is 5.69 Å². The van der Waals surface area contributed by atoms with Crippen molar-refractivity contribution in [3.05, 3.63) is 52.8 Å². The topological polar surface area (TPSA) is 61.7 Å². The van der Waals surface area contributed by atoms with Gasteiger partial charge in [-0.05, 0) is 23.8 Å². The maximum atomic E-state index is 6.05. The molecule has 0 aliphatic heterocycles. The first-order valence-electron chi connectivity index (χ1n) is 6.19. The van der Waals surface area contributed by atoms with E-state index >= 15 is 0 Å². The van der Waals surface area contributed by atoms with Crippen LogP contribution in [0, 0.1) is 0 Å². The van der Waals surface area contributed by atoms with Gasteiger partial charge in [-0.1, -0.05) is 28.1 Å². The van der Waals surface area contributed by atoms with Gasteiger partial charge in [-0.25, -0.2) is 0 Å². The Morgan fingerprint density at radius 1 is 1.30 bits per heavy atom. The number of aryl methyl sites for hydroxylation is 1. The number of nitrogens with two attached hydrogens (primary N) is 1. The number of benzene rings is 1. The van der Waals surface area contributed by atoms with Gasteiger partial charge in [0.25, 0.3) is 0 Å². The molecule has 2 heterocycles. The monoisotopic (exact) mass is 331 g/mol. The molecule has 20 heavy (non-hydrogen) atoms. The molecule has 0 saturated carbocycles. The molecule has 0 radical (unpaired) electrons. The maximum Gasteiger partial charge on any atom is 0.133 e. The van der Waals surface area contributed by atoms with Crippen molar-refractivity contribution in [2.75, 3.05) is 5.73 Å². The van der Waals surface area contributed by atoms with Gasteiger partial charge in [-0.3, -0.25) is 9.36 Å². The highest BCUT2D eigenvalue weighted by molar-refractivity contribution is 9.10. The van der Waals surface area contributed by atoms with Gasteiger partial charge < -0.3 is 5.73 Å². The van der Waals surface area contributed by atoms with Gasteiger partial charge in [0.15, 0.2) is 0 Å². The van der Waals surface area contributed by atoms with Crippen LogP contribution in [-0.4, -0.2) is 19.6 Å². The van der Waals surface area contributed by atoms with E-state index in [0.29, 0.717) is 12.2 Å². The second-order valence-electron chi connectivity index (χ2n) is 4.60. The minimum Gasteiger partial charge on any atom is -0.396 e. The van der Waals surface area contributed by atoms with Crippen LogP contribution in [-0.2, 0) is 13.6 Å². The molecule has 0 spiro atoms. The lowest BCUT2D eigenvalue weighted by atomic mass is 10.2. The van der Waals surface area contributed by atoms with Crippen LogP contribution in [0.1, 0.15) is 5.56 Å². The molecule has 0 aliphatic rings. The van der Waals surface area contributed by atoms with Gasteiger partial charge in [0, 0.05) is 23.9 Å². The van der Waals surface area contributed by atoms with Gasteiger partial charge in [0.05, 0.1) is 17.9 Å².